The van der Waals surface area contributed by atoms with E-state index in [4.69, 9.17) is 0 Å². The van der Waals surface area contributed by atoms with Gasteiger partial charge in [-0.05, 0) is 21.5 Å². The fourth-order valence-electron chi connectivity index (χ4n) is 2.67. The lowest BCUT2D eigenvalue weighted by molar-refractivity contribution is 1.46. The average molecular weight is 234 g/mol. The summed E-state index contributed by atoms with van der Waals surface area (Å²) in [4.78, 5) is 0. The highest BCUT2D eigenvalue weighted by atomic mass is 28.3. The Morgan fingerprint density at radius 1 is 0.625 bits per heavy atom. The van der Waals surface area contributed by atoms with Gasteiger partial charge in [0, 0.05) is 0 Å². The highest BCUT2D eigenvalue weighted by molar-refractivity contribution is 6.86. The summed E-state index contributed by atoms with van der Waals surface area (Å²) < 4.78 is 0. The molecule has 16 heavy (non-hydrogen) atoms. The monoisotopic (exact) mass is 234 g/mol. The van der Waals surface area contributed by atoms with Crippen molar-refractivity contribution in [3.63, 3.8) is 0 Å². The zero-order valence-corrected chi connectivity index (χ0v) is 10.8. The molecule has 0 aliphatic carbocycles. The van der Waals surface area contributed by atoms with Crippen molar-refractivity contribution in [1.82, 2.24) is 0 Å². The third-order valence-electron chi connectivity index (χ3n) is 3.39. The summed E-state index contributed by atoms with van der Waals surface area (Å²) in [6.07, 6.45) is 13.7. The first-order valence-corrected chi connectivity index (χ1v) is 8.87. The van der Waals surface area contributed by atoms with Gasteiger partial charge >= 0.3 is 0 Å². The smallest absolute Gasteiger partial charge is 0.0877 e. The number of allylic oxidation sites excluding steroid dienone is 10. The molecule has 0 aromatic rings. The van der Waals surface area contributed by atoms with E-state index in [0.717, 1.165) is 0 Å². The zero-order valence-electron chi connectivity index (χ0n) is 8.77. The molecule has 0 atom stereocenters. The van der Waals surface area contributed by atoms with E-state index in [1.54, 1.807) is 10.4 Å². The van der Waals surface area contributed by atoms with Crippen LogP contribution >= 0.6 is 0 Å². The van der Waals surface area contributed by atoms with E-state index in [2.05, 4.69) is 59.3 Å². The normalized spacial score (nSPS) is 25.8. The predicted octanol–water partition coefficient (Wildman–Crippen LogP) is 2.64. The third kappa shape index (κ3) is 1.03. The minimum atomic E-state index is -0.539. The molecule has 0 nitrogen and oxygen atoms in total. The third-order valence-corrected chi connectivity index (χ3v) is 8.03. The van der Waals surface area contributed by atoms with Gasteiger partial charge in [-0.3, -0.25) is 0 Å². The van der Waals surface area contributed by atoms with Gasteiger partial charge in [-0.2, -0.15) is 0 Å². The van der Waals surface area contributed by atoms with Gasteiger partial charge in [-0.15, -0.1) is 0 Å². The van der Waals surface area contributed by atoms with Crippen LogP contribution in [0.5, 0.6) is 0 Å². The molecule has 2 heteroatoms. The first-order valence-electron chi connectivity index (χ1n) is 5.56. The van der Waals surface area contributed by atoms with Crippen molar-refractivity contribution in [2.24, 2.45) is 0 Å². The van der Waals surface area contributed by atoms with E-state index < -0.39 is 17.6 Å². The molecule has 0 aromatic heterocycles. The first-order chi connectivity index (χ1) is 7.93. The molecule has 0 fully saturated rings. The van der Waals surface area contributed by atoms with E-state index in [9.17, 15) is 0 Å². The summed E-state index contributed by atoms with van der Waals surface area (Å²) in [6.45, 7) is 0. The fourth-order valence-corrected chi connectivity index (χ4v) is 7.62. The maximum atomic E-state index is 2.43. The van der Waals surface area contributed by atoms with Crippen LogP contribution in [0.15, 0.2) is 80.8 Å². The Bertz CT molecular complexity index is 528. The Morgan fingerprint density at radius 2 is 1.12 bits per heavy atom. The van der Waals surface area contributed by atoms with Crippen LogP contribution in [-0.4, -0.2) is 17.6 Å². The van der Waals surface area contributed by atoms with Gasteiger partial charge in [0.05, 0.1) is 0 Å². The Labute approximate surface area is 98.6 Å². The van der Waals surface area contributed by atoms with E-state index in [1.165, 1.54) is 11.1 Å². The second-order valence-corrected chi connectivity index (χ2v) is 8.44. The molecule has 74 valence electrons. The van der Waals surface area contributed by atoms with Crippen LogP contribution in [0.2, 0.25) is 0 Å². The highest BCUT2D eigenvalue weighted by Gasteiger charge is 2.32. The summed E-state index contributed by atoms with van der Waals surface area (Å²) in [5.74, 6) is 0. The largest absolute Gasteiger partial charge is 0.140 e. The van der Waals surface area contributed by atoms with Crippen LogP contribution in [0.4, 0.5) is 0 Å². The van der Waals surface area contributed by atoms with Crippen LogP contribution < -0.4 is 0 Å². The van der Waals surface area contributed by atoms with Gasteiger partial charge < -0.3 is 0 Å². The summed E-state index contributed by atoms with van der Waals surface area (Å²) in [6, 6.07) is 0. The SMILES string of the molecule is C1=C[Si]2C=CC3=CC=C[Si]4C=CC(=C1)C2=C34. The fraction of sp³-hybridized carbons (Fsp3) is 0. The topological polar surface area (TPSA) is 0 Å². The Balaban J connectivity index is 2.03. The second kappa shape index (κ2) is 3.06. The summed E-state index contributed by atoms with van der Waals surface area (Å²) >= 11 is 0. The molecule has 2 radical (unpaired) electrons. The van der Waals surface area contributed by atoms with Crippen LogP contribution in [0.3, 0.4) is 0 Å². The van der Waals surface area contributed by atoms with Gasteiger partial charge in [-0.25, -0.2) is 0 Å². The molecular weight excluding hydrogens is 224 g/mol. The predicted molar refractivity (Wildman–Crippen MR) is 71.3 cm³/mol. The second-order valence-electron chi connectivity index (χ2n) is 4.29. The molecule has 0 amide bonds. The van der Waals surface area contributed by atoms with Crippen molar-refractivity contribution < 1.29 is 0 Å². The Morgan fingerprint density at radius 3 is 1.62 bits per heavy atom. The van der Waals surface area contributed by atoms with Gasteiger partial charge in [0.25, 0.3) is 0 Å². The van der Waals surface area contributed by atoms with Gasteiger partial charge in [0.1, 0.15) is 17.6 Å². The first kappa shape index (κ1) is 8.73. The number of hydrogen-bond donors (Lipinski definition) is 0. The van der Waals surface area contributed by atoms with E-state index >= 15 is 0 Å². The van der Waals surface area contributed by atoms with E-state index in [1.807, 2.05) is 0 Å². The van der Waals surface area contributed by atoms with Crippen molar-refractivity contribution in [3.05, 3.63) is 80.8 Å². The van der Waals surface area contributed by atoms with Crippen LogP contribution in [0, 0.1) is 0 Å². The van der Waals surface area contributed by atoms with Crippen LogP contribution in [0.25, 0.3) is 0 Å². The van der Waals surface area contributed by atoms with Crippen molar-refractivity contribution in [3.8, 4) is 0 Å². The van der Waals surface area contributed by atoms with E-state index in [-0.39, 0.29) is 0 Å². The molecule has 0 saturated carbocycles. The van der Waals surface area contributed by atoms with Crippen molar-refractivity contribution in [2.45, 2.75) is 0 Å². The average Bonchev–Trinajstić information content (AvgIpc) is 2.36. The molecular formula is C14H10Si2. The van der Waals surface area contributed by atoms with Gasteiger partial charge in [0.2, 0.25) is 0 Å². The quantitative estimate of drug-likeness (QED) is 0.565. The zero-order chi connectivity index (χ0) is 10.5. The molecule has 4 heterocycles. The lowest BCUT2D eigenvalue weighted by Crippen LogP contribution is -2.30. The molecule has 4 rings (SSSR count). The molecule has 0 unspecified atom stereocenters. The molecule has 0 aromatic carbocycles. The lowest BCUT2D eigenvalue weighted by atomic mass is 10.1. The maximum Gasteiger partial charge on any atom is 0.140 e. The minimum Gasteiger partial charge on any atom is -0.0877 e. The number of rotatable bonds is 0. The molecule has 0 spiro atoms. The molecule has 0 N–H and O–H groups in total. The molecule has 4 aliphatic rings. The van der Waals surface area contributed by atoms with Crippen LogP contribution in [-0.2, 0) is 0 Å². The van der Waals surface area contributed by atoms with E-state index in [0.29, 0.717) is 0 Å². The standard InChI is InChI=1S/C14H10Si2/c1-3-11-5-10-16-8-2-4-12-6-9-15(7-1)13(11)14(12)16/h1-10H. The van der Waals surface area contributed by atoms with Crippen molar-refractivity contribution in [1.29, 1.82) is 0 Å². The number of hydrogen-bond acceptors (Lipinski definition) is 0. The van der Waals surface area contributed by atoms with Crippen LogP contribution in [0.1, 0.15) is 0 Å². The Kier molecular flexibility index (Phi) is 1.67. The summed E-state index contributed by atoms with van der Waals surface area (Å²) in [5, 5.41) is 3.34. The molecule has 0 saturated heterocycles. The summed E-state index contributed by atoms with van der Waals surface area (Å²) in [5.41, 5.74) is 12.6. The van der Waals surface area contributed by atoms with Gasteiger partial charge in [0.15, 0.2) is 0 Å². The minimum absolute atomic E-state index is 0.539. The highest BCUT2D eigenvalue weighted by Crippen LogP contribution is 2.38. The Hall–Kier alpha value is -1.39. The van der Waals surface area contributed by atoms with Crippen molar-refractivity contribution >= 4 is 17.6 Å². The lowest BCUT2D eigenvalue weighted by Gasteiger charge is -2.32. The summed E-state index contributed by atoms with van der Waals surface area (Å²) in [7, 11) is -1.08. The molecule has 0 bridgehead atoms. The maximum absolute atomic E-state index is 2.43. The van der Waals surface area contributed by atoms with Crippen molar-refractivity contribution in [2.75, 3.05) is 0 Å². The molecule has 4 aliphatic heterocycles. The van der Waals surface area contributed by atoms with Gasteiger partial charge in [-0.1, -0.05) is 59.3 Å².